The van der Waals surface area contributed by atoms with Crippen LogP contribution in [0.3, 0.4) is 0 Å². The number of carboxylic acid groups (broad SMARTS) is 4. The van der Waals surface area contributed by atoms with Crippen LogP contribution in [0.5, 0.6) is 0 Å². The largest absolute Gasteiger partial charge is 3.00 e. The van der Waals surface area contributed by atoms with E-state index in [0.29, 0.717) is 19.3 Å². The summed E-state index contributed by atoms with van der Waals surface area (Å²) >= 11 is 0. The first-order chi connectivity index (χ1) is 18.9. The molecule has 0 fully saturated rings. The molecule has 1 N–H and O–H groups in total. The van der Waals surface area contributed by atoms with Crippen LogP contribution in [0.2, 0.25) is 0 Å². The van der Waals surface area contributed by atoms with Gasteiger partial charge in [-0.05, 0) is 69.1 Å². The molecule has 241 valence electrons. The Bertz CT molecular complexity index is 509. The van der Waals surface area contributed by atoms with Crippen molar-refractivity contribution in [3.05, 3.63) is 0 Å². The molecule has 0 amide bonds. The summed E-state index contributed by atoms with van der Waals surface area (Å²) in [5.41, 5.74) is 0. The van der Waals surface area contributed by atoms with Gasteiger partial charge in [-0.25, -0.2) is 0 Å². The van der Waals surface area contributed by atoms with Crippen LogP contribution in [0.4, 0.5) is 0 Å². The Balaban J connectivity index is -0.000000139. The molecule has 0 saturated heterocycles. The number of rotatable bonds is 20. The first-order valence-electron chi connectivity index (χ1n) is 15.7. The van der Waals surface area contributed by atoms with Crippen molar-refractivity contribution < 1.29 is 81.4 Å². The van der Waals surface area contributed by atoms with E-state index in [4.69, 9.17) is 5.11 Å². The zero-order valence-corrected chi connectivity index (χ0v) is 30.6. The third kappa shape index (κ3) is 35.4. The fourth-order valence-corrected chi connectivity index (χ4v) is 3.77. The molecule has 0 aliphatic heterocycles. The zero-order valence-electron chi connectivity index (χ0n) is 27.4. The minimum Gasteiger partial charge on any atom is -0.550 e. The van der Waals surface area contributed by atoms with Crippen molar-refractivity contribution >= 4 is 23.9 Å². The molecule has 0 spiro atoms. The van der Waals surface area contributed by atoms with Gasteiger partial charge in [-0.15, -0.1) is 0 Å². The van der Waals surface area contributed by atoms with Gasteiger partial charge in [0.1, 0.15) is 0 Å². The van der Waals surface area contributed by atoms with Crippen molar-refractivity contribution in [3.63, 3.8) is 0 Å². The smallest absolute Gasteiger partial charge is 0.550 e. The summed E-state index contributed by atoms with van der Waals surface area (Å²) in [5, 5.41) is 39.6. The molecule has 0 aromatic heterocycles. The summed E-state index contributed by atoms with van der Waals surface area (Å²) in [6.07, 6.45) is 14.3. The van der Waals surface area contributed by atoms with E-state index >= 15 is 0 Å². The second kappa shape index (κ2) is 37.3. The number of carboxylic acids is 4. The Morgan fingerprint density at radius 2 is 0.659 bits per heavy atom. The maximum absolute atomic E-state index is 10.4. The van der Waals surface area contributed by atoms with Gasteiger partial charge in [0.05, 0.1) is 5.92 Å². The first kappa shape index (κ1) is 49.9. The Morgan fingerprint density at radius 1 is 0.463 bits per heavy atom. The van der Waals surface area contributed by atoms with E-state index in [1.54, 1.807) is 0 Å². The van der Waals surface area contributed by atoms with Crippen molar-refractivity contribution in [3.8, 4) is 0 Å². The van der Waals surface area contributed by atoms with Gasteiger partial charge in [-0.2, -0.15) is 0 Å². The molecule has 0 rings (SSSR count). The van der Waals surface area contributed by atoms with Gasteiger partial charge < -0.3 is 34.8 Å². The van der Waals surface area contributed by atoms with Gasteiger partial charge in [-0.3, -0.25) is 4.79 Å². The molecule has 4 atom stereocenters. The third-order valence-corrected chi connectivity index (χ3v) is 6.94. The third-order valence-electron chi connectivity index (χ3n) is 6.94. The zero-order chi connectivity index (χ0) is 31.9. The normalized spacial score (nSPS) is 12.7. The van der Waals surface area contributed by atoms with Crippen molar-refractivity contribution in [2.45, 2.75) is 158 Å². The number of aliphatic carboxylic acids is 4. The molecule has 41 heavy (non-hydrogen) atoms. The minimum atomic E-state index is -0.893. The van der Waals surface area contributed by atoms with E-state index in [1.807, 2.05) is 27.7 Å². The van der Waals surface area contributed by atoms with E-state index < -0.39 is 23.9 Å². The Kier molecular flexibility index (Phi) is 45.4. The molecule has 1 radical (unpaired) electrons. The maximum Gasteiger partial charge on any atom is 3.00 e. The maximum atomic E-state index is 10.4. The molecular formula is C32H61CeO8. The molecule has 0 saturated carbocycles. The molecule has 0 aromatic carbocycles. The van der Waals surface area contributed by atoms with E-state index in [9.17, 15) is 34.5 Å². The van der Waals surface area contributed by atoms with E-state index in [-0.39, 0.29) is 65.4 Å². The molecule has 0 heterocycles. The van der Waals surface area contributed by atoms with Crippen LogP contribution in [-0.2, 0) is 19.2 Å². The fraction of sp³-hybridized carbons (Fsp3) is 0.875. The Labute approximate surface area is 285 Å². The molecule has 0 aliphatic carbocycles. The average Bonchev–Trinajstić information content (AvgIpc) is 2.91. The topological polar surface area (TPSA) is 158 Å². The van der Waals surface area contributed by atoms with Crippen LogP contribution < -0.4 is 15.3 Å². The predicted octanol–water partition coefficient (Wildman–Crippen LogP) is 5.15. The molecule has 0 bridgehead atoms. The second-order valence-electron chi connectivity index (χ2n) is 10.3. The van der Waals surface area contributed by atoms with E-state index in [1.165, 1.54) is 0 Å². The molecule has 8 nitrogen and oxygen atoms in total. The quantitative estimate of drug-likeness (QED) is 0.182. The van der Waals surface area contributed by atoms with Crippen molar-refractivity contribution in [2.24, 2.45) is 23.7 Å². The number of hydrogen-bond acceptors (Lipinski definition) is 7. The summed E-state index contributed by atoms with van der Waals surface area (Å²) in [7, 11) is 0. The van der Waals surface area contributed by atoms with Gasteiger partial charge in [-0.1, -0.05) is 107 Å². The molecule has 0 aliphatic rings. The second-order valence-corrected chi connectivity index (χ2v) is 10.3. The van der Waals surface area contributed by atoms with Gasteiger partial charge in [0.15, 0.2) is 0 Å². The van der Waals surface area contributed by atoms with Crippen molar-refractivity contribution in [2.75, 3.05) is 0 Å². The number of unbranched alkanes of at least 4 members (excludes halogenated alkanes) is 4. The van der Waals surface area contributed by atoms with E-state index in [0.717, 1.165) is 83.5 Å². The van der Waals surface area contributed by atoms with Gasteiger partial charge in [0, 0.05) is 17.9 Å². The monoisotopic (exact) mass is 713 g/mol. The molecular weight excluding hydrogens is 652 g/mol. The van der Waals surface area contributed by atoms with Crippen molar-refractivity contribution in [1.82, 2.24) is 0 Å². The number of carbonyl (C=O) groups is 4. The summed E-state index contributed by atoms with van der Waals surface area (Å²) in [6, 6.07) is 0. The SMILES string of the molecule is CCCCC(CC)C(=O)O.CCCCC(CC)C(=O)[O-].CCCCC(CC)C(=O)[O-].CCCCC(CC)C(=O)[O-].[Ce+3]. The Morgan fingerprint density at radius 3 is 0.780 bits per heavy atom. The van der Waals surface area contributed by atoms with Crippen LogP contribution in [0, 0.1) is 65.4 Å². The fourth-order valence-electron chi connectivity index (χ4n) is 3.77. The number of carbonyl (C=O) groups excluding carboxylic acids is 3. The molecule has 9 heteroatoms. The summed E-state index contributed by atoms with van der Waals surface area (Å²) in [5.74, 6) is -4.10. The van der Waals surface area contributed by atoms with Gasteiger partial charge >= 0.3 is 47.7 Å². The van der Waals surface area contributed by atoms with Gasteiger partial charge in [0.2, 0.25) is 0 Å². The summed E-state index contributed by atoms with van der Waals surface area (Å²) in [4.78, 5) is 41.4. The summed E-state index contributed by atoms with van der Waals surface area (Å²) in [6.45, 7) is 15.8. The minimum absolute atomic E-state index is 0. The summed E-state index contributed by atoms with van der Waals surface area (Å²) < 4.78 is 0. The van der Waals surface area contributed by atoms with Crippen LogP contribution in [-0.4, -0.2) is 29.0 Å². The van der Waals surface area contributed by atoms with Crippen LogP contribution in [0.15, 0.2) is 0 Å². The molecule has 0 aromatic rings. The Hall–Kier alpha value is -0.743. The van der Waals surface area contributed by atoms with Crippen molar-refractivity contribution in [1.29, 1.82) is 0 Å². The van der Waals surface area contributed by atoms with Crippen LogP contribution >= 0.6 is 0 Å². The number of hydrogen-bond donors (Lipinski definition) is 1. The first-order valence-corrected chi connectivity index (χ1v) is 15.7. The predicted molar refractivity (Wildman–Crippen MR) is 156 cm³/mol. The van der Waals surface area contributed by atoms with Crippen LogP contribution in [0.1, 0.15) is 158 Å². The molecule has 4 unspecified atom stereocenters. The van der Waals surface area contributed by atoms with Crippen LogP contribution in [0.25, 0.3) is 0 Å². The standard InChI is InChI=1S/4C8H16O2.Ce/c4*1-3-5-6-7(4-2)8(9)10;/h4*7H,3-6H2,1-2H3,(H,9,10);/q;;;;+3/p-3. The average molecular weight is 714 g/mol. The van der Waals surface area contributed by atoms with E-state index in [2.05, 4.69) is 27.7 Å². The van der Waals surface area contributed by atoms with Gasteiger partial charge in [0.25, 0.3) is 0 Å².